The number of hydrogen-bond donors (Lipinski definition) is 1. The molecule has 0 saturated heterocycles. The fourth-order valence-corrected chi connectivity index (χ4v) is 2.37. The van der Waals surface area contributed by atoms with Crippen molar-refractivity contribution in [3.05, 3.63) is 40.6 Å². The minimum absolute atomic E-state index is 0.258. The number of nitrogens with zero attached hydrogens (tertiary/aromatic N) is 2. The number of imidazole rings is 1. The summed E-state index contributed by atoms with van der Waals surface area (Å²) >= 11 is 1.73. The molecule has 1 atom stereocenters. The molecule has 15 heavy (non-hydrogen) atoms. The van der Waals surface area contributed by atoms with Crippen molar-refractivity contribution in [3.63, 3.8) is 0 Å². The summed E-state index contributed by atoms with van der Waals surface area (Å²) in [6.45, 7) is 3.07. The van der Waals surface area contributed by atoms with Gasteiger partial charge in [-0.15, -0.1) is 0 Å². The van der Waals surface area contributed by atoms with Crippen LogP contribution in [0.15, 0.2) is 29.4 Å². The first-order chi connectivity index (χ1) is 7.33. The topological polar surface area (TPSA) is 29.9 Å². The third kappa shape index (κ3) is 2.11. The van der Waals surface area contributed by atoms with Crippen molar-refractivity contribution in [1.29, 1.82) is 0 Å². The maximum Gasteiger partial charge on any atom is 0.0946 e. The van der Waals surface area contributed by atoms with Crippen LogP contribution in [0.5, 0.6) is 0 Å². The molecule has 2 heterocycles. The first-order valence-electron chi connectivity index (χ1n) is 5.04. The largest absolute Gasteiger partial charge is 0.336 e. The summed E-state index contributed by atoms with van der Waals surface area (Å²) in [4.78, 5) is 4.16. The smallest absolute Gasteiger partial charge is 0.0946 e. The molecule has 0 aromatic carbocycles. The van der Waals surface area contributed by atoms with Crippen molar-refractivity contribution >= 4 is 11.3 Å². The summed E-state index contributed by atoms with van der Waals surface area (Å²) in [7, 11) is 2.03. The van der Waals surface area contributed by atoms with Crippen LogP contribution in [0.3, 0.4) is 0 Å². The standard InChI is InChI=1S/C11H15N3S/c1-3-13-11(9-4-5-15-7-9)10-6-12-8-14(10)2/h4-8,11,13H,3H2,1-2H3. The Hall–Kier alpha value is -1.13. The van der Waals surface area contributed by atoms with E-state index in [1.807, 2.05) is 19.6 Å². The number of rotatable bonds is 4. The van der Waals surface area contributed by atoms with Gasteiger partial charge in [0.25, 0.3) is 0 Å². The molecule has 2 rings (SSSR count). The van der Waals surface area contributed by atoms with Crippen molar-refractivity contribution in [2.75, 3.05) is 6.54 Å². The molecule has 0 radical (unpaired) electrons. The van der Waals surface area contributed by atoms with Crippen LogP contribution in [0.25, 0.3) is 0 Å². The first kappa shape index (κ1) is 10.4. The van der Waals surface area contributed by atoms with E-state index in [4.69, 9.17) is 0 Å². The van der Waals surface area contributed by atoms with Gasteiger partial charge in [-0.2, -0.15) is 11.3 Å². The molecule has 0 spiro atoms. The van der Waals surface area contributed by atoms with Crippen LogP contribution in [0.4, 0.5) is 0 Å². The summed E-state index contributed by atoms with van der Waals surface area (Å²) in [5, 5.41) is 7.76. The van der Waals surface area contributed by atoms with Crippen LogP contribution in [0.2, 0.25) is 0 Å². The van der Waals surface area contributed by atoms with Crippen molar-refractivity contribution < 1.29 is 0 Å². The molecular formula is C11H15N3S. The molecule has 0 amide bonds. The Morgan fingerprint density at radius 2 is 2.47 bits per heavy atom. The second-order valence-electron chi connectivity index (χ2n) is 3.48. The summed E-state index contributed by atoms with van der Waals surface area (Å²) in [6.07, 6.45) is 3.76. The van der Waals surface area contributed by atoms with Crippen LogP contribution in [0.1, 0.15) is 24.2 Å². The van der Waals surface area contributed by atoms with Crippen LogP contribution in [-0.4, -0.2) is 16.1 Å². The average Bonchev–Trinajstić information content (AvgIpc) is 2.85. The summed E-state index contributed by atoms with van der Waals surface area (Å²) < 4.78 is 2.06. The molecule has 0 aliphatic rings. The quantitative estimate of drug-likeness (QED) is 0.857. The highest BCUT2D eigenvalue weighted by Crippen LogP contribution is 2.23. The Kier molecular flexibility index (Phi) is 3.18. The lowest BCUT2D eigenvalue weighted by Gasteiger charge is -2.17. The highest BCUT2D eigenvalue weighted by Gasteiger charge is 2.15. The van der Waals surface area contributed by atoms with Crippen molar-refractivity contribution in [2.24, 2.45) is 7.05 Å². The molecule has 0 fully saturated rings. The molecule has 3 nitrogen and oxygen atoms in total. The maximum atomic E-state index is 4.16. The van der Waals surface area contributed by atoms with Gasteiger partial charge in [0.2, 0.25) is 0 Å². The molecule has 0 aliphatic heterocycles. The minimum Gasteiger partial charge on any atom is -0.336 e. The van der Waals surface area contributed by atoms with E-state index in [0.717, 1.165) is 6.54 Å². The van der Waals surface area contributed by atoms with E-state index in [2.05, 4.69) is 38.6 Å². The third-order valence-electron chi connectivity index (χ3n) is 2.43. The van der Waals surface area contributed by atoms with E-state index in [0.29, 0.717) is 0 Å². The monoisotopic (exact) mass is 221 g/mol. The van der Waals surface area contributed by atoms with E-state index >= 15 is 0 Å². The van der Waals surface area contributed by atoms with E-state index in [-0.39, 0.29) is 6.04 Å². The highest BCUT2D eigenvalue weighted by atomic mass is 32.1. The second-order valence-corrected chi connectivity index (χ2v) is 4.26. The Labute approximate surface area is 93.8 Å². The van der Waals surface area contributed by atoms with Gasteiger partial charge in [0.15, 0.2) is 0 Å². The molecule has 1 N–H and O–H groups in total. The fraction of sp³-hybridized carbons (Fsp3) is 0.364. The average molecular weight is 221 g/mol. The molecule has 1 unspecified atom stereocenters. The predicted octanol–water partition coefficient (Wildman–Crippen LogP) is 2.18. The van der Waals surface area contributed by atoms with Gasteiger partial charge >= 0.3 is 0 Å². The first-order valence-corrected chi connectivity index (χ1v) is 5.99. The molecule has 0 saturated carbocycles. The fourth-order valence-electron chi connectivity index (χ4n) is 1.68. The maximum absolute atomic E-state index is 4.16. The lowest BCUT2D eigenvalue weighted by molar-refractivity contribution is 0.595. The molecule has 2 aromatic heterocycles. The molecule has 4 heteroatoms. The summed E-state index contributed by atoms with van der Waals surface area (Å²) in [5.74, 6) is 0. The van der Waals surface area contributed by atoms with Gasteiger partial charge in [-0.25, -0.2) is 4.98 Å². The van der Waals surface area contributed by atoms with E-state index in [1.165, 1.54) is 11.3 Å². The van der Waals surface area contributed by atoms with Gasteiger partial charge in [0.1, 0.15) is 0 Å². The summed E-state index contributed by atoms with van der Waals surface area (Å²) in [5.41, 5.74) is 2.51. The lowest BCUT2D eigenvalue weighted by Crippen LogP contribution is -2.23. The van der Waals surface area contributed by atoms with Crippen molar-refractivity contribution in [2.45, 2.75) is 13.0 Å². The van der Waals surface area contributed by atoms with Crippen molar-refractivity contribution in [1.82, 2.24) is 14.9 Å². The van der Waals surface area contributed by atoms with E-state index in [9.17, 15) is 0 Å². The van der Waals surface area contributed by atoms with Gasteiger partial charge in [0, 0.05) is 7.05 Å². The highest BCUT2D eigenvalue weighted by molar-refractivity contribution is 7.08. The molecule has 80 valence electrons. The third-order valence-corrected chi connectivity index (χ3v) is 3.14. The zero-order valence-corrected chi connectivity index (χ0v) is 9.79. The number of hydrogen-bond acceptors (Lipinski definition) is 3. The predicted molar refractivity (Wildman–Crippen MR) is 63.0 cm³/mol. The Morgan fingerprint density at radius 1 is 1.60 bits per heavy atom. The van der Waals surface area contributed by atoms with Gasteiger partial charge < -0.3 is 9.88 Å². The zero-order valence-electron chi connectivity index (χ0n) is 8.97. The Bertz CT molecular complexity index is 405. The lowest BCUT2D eigenvalue weighted by atomic mass is 10.1. The van der Waals surface area contributed by atoms with Gasteiger partial charge in [0.05, 0.1) is 24.3 Å². The SMILES string of the molecule is CCNC(c1ccsc1)c1cncn1C. The van der Waals surface area contributed by atoms with E-state index < -0.39 is 0 Å². The number of aromatic nitrogens is 2. The van der Waals surface area contributed by atoms with Gasteiger partial charge in [-0.3, -0.25) is 0 Å². The Morgan fingerprint density at radius 3 is 3.00 bits per heavy atom. The Balaban J connectivity index is 2.32. The number of aryl methyl sites for hydroxylation is 1. The van der Waals surface area contributed by atoms with Crippen LogP contribution in [0, 0.1) is 0 Å². The number of thiophene rings is 1. The zero-order chi connectivity index (χ0) is 10.7. The van der Waals surface area contributed by atoms with Crippen LogP contribution < -0.4 is 5.32 Å². The number of nitrogens with one attached hydrogen (secondary N) is 1. The van der Waals surface area contributed by atoms with Gasteiger partial charge in [-0.05, 0) is 28.9 Å². The second kappa shape index (κ2) is 4.59. The van der Waals surface area contributed by atoms with Crippen molar-refractivity contribution in [3.8, 4) is 0 Å². The molecule has 0 aliphatic carbocycles. The van der Waals surface area contributed by atoms with Gasteiger partial charge in [-0.1, -0.05) is 6.92 Å². The molecular weight excluding hydrogens is 206 g/mol. The van der Waals surface area contributed by atoms with E-state index in [1.54, 1.807) is 11.3 Å². The molecule has 0 bridgehead atoms. The van der Waals surface area contributed by atoms with Crippen LogP contribution in [-0.2, 0) is 7.05 Å². The minimum atomic E-state index is 0.258. The normalized spacial score (nSPS) is 12.9. The molecule has 2 aromatic rings. The van der Waals surface area contributed by atoms with Crippen LogP contribution >= 0.6 is 11.3 Å². The summed E-state index contributed by atoms with van der Waals surface area (Å²) in [6, 6.07) is 2.42.